The first kappa shape index (κ1) is 19.7. The maximum Gasteiger partial charge on any atom is 0.573 e. The average molecular weight is 409 g/mol. The summed E-state index contributed by atoms with van der Waals surface area (Å²) >= 11 is 1.07. The van der Waals surface area contributed by atoms with Crippen molar-refractivity contribution in [2.45, 2.75) is 17.9 Å². The molecule has 1 N–H and O–H groups in total. The lowest BCUT2D eigenvalue weighted by Crippen LogP contribution is -2.35. The van der Waals surface area contributed by atoms with Crippen LogP contribution < -0.4 is 15.7 Å². The normalized spacial score (nSPS) is 11.4. The van der Waals surface area contributed by atoms with Crippen LogP contribution in [0.1, 0.15) is 5.56 Å². The molecule has 0 saturated heterocycles. The van der Waals surface area contributed by atoms with Gasteiger partial charge < -0.3 is 4.74 Å². The minimum Gasteiger partial charge on any atom is -0.406 e. The number of nitrogens with zero attached hydrogens (tertiary/aromatic N) is 2. The van der Waals surface area contributed by atoms with Crippen molar-refractivity contribution in [3.63, 3.8) is 0 Å². The number of thioether (sulfide) groups is 1. The van der Waals surface area contributed by atoms with E-state index in [1.54, 1.807) is 30.5 Å². The van der Waals surface area contributed by atoms with Crippen molar-refractivity contribution >= 4 is 28.6 Å². The molecule has 0 spiro atoms. The van der Waals surface area contributed by atoms with Crippen molar-refractivity contribution in [1.29, 1.82) is 0 Å². The second kappa shape index (κ2) is 7.93. The molecule has 0 unspecified atom stereocenters. The highest BCUT2D eigenvalue weighted by atomic mass is 32.2. The third-order valence-electron chi connectivity index (χ3n) is 3.67. The van der Waals surface area contributed by atoms with Gasteiger partial charge in [-0.25, -0.2) is 4.98 Å². The molecule has 0 radical (unpaired) electrons. The second-order valence-corrected chi connectivity index (χ2v) is 6.44. The summed E-state index contributed by atoms with van der Waals surface area (Å²) in [5.41, 5.74) is 2.69. The highest BCUT2D eigenvalue weighted by molar-refractivity contribution is 7.98. The standard InChI is InChI=1S/C18H14F3N3O3S/c1-28-17-22-14-10-12(27-18(19,20)21)7-8-13(14)16(26)24(17)23-15(25)9-11-5-3-2-4-6-11/h2-8,10H,9H2,1H3,(H,23,25). The summed E-state index contributed by atoms with van der Waals surface area (Å²) in [6.45, 7) is 0. The zero-order valence-electron chi connectivity index (χ0n) is 14.5. The molecular weight excluding hydrogens is 395 g/mol. The van der Waals surface area contributed by atoms with E-state index in [9.17, 15) is 22.8 Å². The smallest absolute Gasteiger partial charge is 0.406 e. The van der Waals surface area contributed by atoms with Crippen LogP contribution in [0.4, 0.5) is 13.2 Å². The van der Waals surface area contributed by atoms with Gasteiger partial charge in [0, 0.05) is 6.07 Å². The molecule has 2 aromatic carbocycles. The van der Waals surface area contributed by atoms with E-state index in [0.29, 0.717) is 0 Å². The molecule has 0 aliphatic rings. The predicted octanol–water partition coefficient (Wildman–Crippen LogP) is 3.33. The van der Waals surface area contributed by atoms with Crippen LogP contribution in [-0.2, 0) is 11.2 Å². The molecule has 0 aliphatic heterocycles. The molecule has 3 rings (SSSR count). The van der Waals surface area contributed by atoms with Gasteiger partial charge in [-0.15, -0.1) is 13.2 Å². The van der Waals surface area contributed by atoms with Gasteiger partial charge >= 0.3 is 6.36 Å². The summed E-state index contributed by atoms with van der Waals surface area (Å²) in [7, 11) is 0. The molecule has 1 amide bonds. The summed E-state index contributed by atoms with van der Waals surface area (Å²) < 4.78 is 42.0. The molecule has 0 saturated carbocycles. The van der Waals surface area contributed by atoms with Gasteiger partial charge in [0.1, 0.15) is 5.75 Å². The summed E-state index contributed by atoms with van der Waals surface area (Å²) in [6, 6.07) is 12.2. The van der Waals surface area contributed by atoms with Crippen LogP contribution in [-0.4, -0.2) is 28.2 Å². The van der Waals surface area contributed by atoms with Crippen molar-refractivity contribution in [2.24, 2.45) is 0 Å². The van der Waals surface area contributed by atoms with E-state index in [-0.39, 0.29) is 22.5 Å². The average Bonchev–Trinajstić information content (AvgIpc) is 2.63. The lowest BCUT2D eigenvalue weighted by molar-refractivity contribution is -0.274. The Morgan fingerprint density at radius 3 is 2.57 bits per heavy atom. The highest BCUT2D eigenvalue weighted by Gasteiger charge is 2.31. The number of hydrogen-bond acceptors (Lipinski definition) is 5. The minimum atomic E-state index is -4.85. The van der Waals surface area contributed by atoms with Crippen LogP contribution in [0, 0.1) is 0 Å². The molecule has 10 heteroatoms. The zero-order chi connectivity index (χ0) is 20.3. The van der Waals surface area contributed by atoms with Crippen LogP contribution in [0.15, 0.2) is 58.5 Å². The Morgan fingerprint density at radius 2 is 1.93 bits per heavy atom. The number of nitrogens with one attached hydrogen (secondary N) is 1. The van der Waals surface area contributed by atoms with E-state index in [1.165, 1.54) is 6.07 Å². The molecule has 1 aromatic heterocycles. The van der Waals surface area contributed by atoms with Crippen molar-refractivity contribution < 1.29 is 22.7 Å². The Kier molecular flexibility index (Phi) is 5.59. The topological polar surface area (TPSA) is 73.2 Å². The number of hydrogen-bond donors (Lipinski definition) is 1. The SMILES string of the molecule is CSc1nc2cc(OC(F)(F)F)ccc2c(=O)n1NC(=O)Cc1ccccc1. The van der Waals surface area contributed by atoms with E-state index < -0.39 is 23.6 Å². The van der Waals surface area contributed by atoms with Gasteiger partial charge in [-0.1, -0.05) is 42.1 Å². The van der Waals surface area contributed by atoms with Crippen molar-refractivity contribution in [3.8, 4) is 5.75 Å². The fourth-order valence-electron chi connectivity index (χ4n) is 2.52. The highest BCUT2D eigenvalue weighted by Crippen LogP contribution is 2.25. The largest absolute Gasteiger partial charge is 0.573 e. The van der Waals surface area contributed by atoms with Crippen LogP contribution in [0.25, 0.3) is 10.9 Å². The Labute approximate surface area is 161 Å². The predicted molar refractivity (Wildman–Crippen MR) is 99.0 cm³/mol. The maximum atomic E-state index is 12.7. The van der Waals surface area contributed by atoms with E-state index in [4.69, 9.17) is 0 Å². The van der Waals surface area contributed by atoms with E-state index >= 15 is 0 Å². The number of fused-ring (bicyclic) bond motifs is 1. The first-order chi connectivity index (χ1) is 13.3. The lowest BCUT2D eigenvalue weighted by Gasteiger charge is -2.14. The van der Waals surface area contributed by atoms with Gasteiger partial charge in [-0.05, 0) is 24.0 Å². The van der Waals surface area contributed by atoms with Crippen molar-refractivity contribution in [2.75, 3.05) is 11.7 Å². The number of rotatable bonds is 5. The third-order valence-corrected chi connectivity index (χ3v) is 4.31. The summed E-state index contributed by atoms with van der Waals surface area (Å²) in [6.07, 6.45) is -3.17. The summed E-state index contributed by atoms with van der Waals surface area (Å²) in [4.78, 5) is 29.2. The quantitative estimate of drug-likeness (QED) is 0.517. The Morgan fingerprint density at radius 1 is 1.21 bits per heavy atom. The van der Waals surface area contributed by atoms with Crippen LogP contribution >= 0.6 is 11.8 Å². The monoisotopic (exact) mass is 409 g/mol. The fourth-order valence-corrected chi connectivity index (χ4v) is 3.02. The lowest BCUT2D eigenvalue weighted by atomic mass is 10.1. The van der Waals surface area contributed by atoms with Crippen LogP contribution in [0.3, 0.4) is 0 Å². The van der Waals surface area contributed by atoms with Gasteiger partial charge in [0.15, 0.2) is 5.16 Å². The number of benzene rings is 2. The fraction of sp³-hybridized carbons (Fsp3) is 0.167. The van der Waals surface area contributed by atoms with E-state index in [2.05, 4.69) is 15.1 Å². The number of alkyl halides is 3. The summed E-state index contributed by atoms with van der Waals surface area (Å²) in [5.74, 6) is -0.911. The molecular formula is C18H14F3N3O3S. The molecule has 0 fully saturated rings. The zero-order valence-corrected chi connectivity index (χ0v) is 15.3. The maximum absolute atomic E-state index is 12.7. The third kappa shape index (κ3) is 4.63. The minimum absolute atomic E-state index is 0.0321. The van der Waals surface area contributed by atoms with Gasteiger partial charge in [0.2, 0.25) is 5.91 Å². The molecule has 146 valence electrons. The number of ether oxygens (including phenoxy) is 1. The van der Waals surface area contributed by atoms with Gasteiger partial charge in [0.05, 0.1) is 17.3 Å². The number of carbonyl (C=O) groups excluding carboxylic acids is 1. The number of aromatic nitrogens is 2. The Balaban J connectivity index is 1.94. The van der Waals surface area contributed by atoms with E-state index in [1.807, 2.05) is 6.07 Å². The number of halogens is 3. The summed E-state index contributed by atoms with van der Waals surface area (Å²) in [5, 5.41) is 0.176. The van der Waals surface area contributed by atoms with Gasteiger partial charge in [0.25, 0.3) is 5.56 Å². The molecule has 6 nitrogen and oxygen atoms in total. The molecule has 28 heavy (non-hydrogen) atoms. The van der Waals surface area contributed by atoms with Crippen molar-refractivity contribution in [3.05, 3.63) is 64.4 Å². The molecule has 3 aromatic rings. The Bertz CT molecular complexity index is 1070. The van der Waals surface area contributed by atoms with Gasteiger partial charge in [-0.2, -0.15) is 4.68 Å². The molecule has 0 atom stereocenters. The van der Waals surface area contributed by atoms with Gasteiger partial charge in [-0.3, -0.25) is 15.0 Å². The molecule has 0 aliphatic carbocycles. The number of carbonyl (C=O) groups is 1. The van der Waals surface area contributed by atoms with Crippen LogP contribution in [0.2, 0.25) is 0 Å². The Hall–Kier alpha value is -3.01. The first-order valence-corrected chi connectivity index (χ1v) is 9.19. The first-order valence-electron chi connectivity index (χ1n) is 7.97. The van der Waals surface area contributed by atoms with Crippen molar-refractivity contribution in [1.82, 2.24) is 9.66 Å². The molecule has 0 bridgehead atoms. The second-order valence-electron chi connectivity index (χ2n) is 5.66. The van der Waals surface area contributed by atoms with E-state index in [0.717, 1.165) is 34.1 Å². The van der Waals surface area contributed by atoms with Crippen LogP contribution in [0.5, 0.6) is 5.75 Å². The number of amides is 1. The molecule has 1 heterocycles.